The normalized spacial score (nSPS) is 16.1. The largest absolute Gasteiger partial charge is 0.358 e. The van der Waals surface area contributed by atoms with Crippen molar-refractivity contribution in [2.45, 2.75) is 12.8 Å². The maximum Gasteiger partial charge on any atom is 0.233 e. The van der Waals surface area contributed by atoms with Gasteiger partial charge in [-0.15, -0.1) is 11.3 Å². The smallest absolute Gasteiger partial charge is 0.233 e. The number of carbonyl (C=O) groups excluding carboxylic acids is 2. The zero-order valence-corrected chi connectivity index (χ0v) is 12.6. The molecule has 0 unspecified atom stereocenters. The molecule has 6 heteroatoms. The second-order valence-corrected chi connectivity index (χ2v) is 5.94. The highest BCUT2D eigenvalue weighted by Gasteiger charge is 2.21. The molecule has 110 valence electrons. The van der Waals surface area contributed by atoms with E-state index in [-0.39, 0.29) is 11.8 Å². The van der Waals surface area contributed by atoms with Crippen molar-refractivity contribution in [2.75, 3.05) is 39.8 Å². The zero-order chi connectivity index (χ0) is 14.4. The summed E-state index contributed by atoms with van der Waals surface area (Å²) in [5.74, 6) is 0.250. The topological polar surface area (TPSA) is 52.7 Å². The Hall–Kier alpha value is -1.40. The van der Waals surface area contributed by atoms with Crippen LogP contribution in [0.15, 0.2) is 17.5 Å². The fourth-order valence-corrected chi connectivity index (χ4v) is 2.99. The van der Waals surface area contributed by atoms with Gasteiger partial charge >= 0.3 is 0 Å². The van der Waals surface area contributed by atoms with E-state index in [1.54, 1.807) is 18.4 Å². The first-order valence-corrected chi connectivity index (χ1v) is 7.80. The summed E-state index contributed by atoms with van der Waals surface area (Å²) in [5, 5.41) is 4.66. The van der Waals surface area contributed by atoms with E-state index in [9.17, 15) is 9.59 Å². The summed E-state index contributed by atoms with van der Waals surface area (Å²) in [4.78, 5) is 28.7. The third-order valence-corrected chi connectivity index (χ3v) is 4.47. The molecule has 2 rings (SSSR count). The van der Waals surface area contributed by atoms with Crippen LogP contribution in [0.25, 0.3) is 0 Å². The van der Waals surface area contributed by atoms with Crippen LogP contribution in [-0.2, 0) is 16.0 Å². The van der Waals surface area contributed by atoms with Crippen LogP contribution >= 0.6 is 11.3 Å². The minimum absolute atomic E-state index is 0.0301. The second kappa shape index (κ2) is 7.40. The average molecular weight is 295 g/mol. The standard InChI is InChI=1S/C14H21N3O2S/c1-15-13(18)11-16-6-8-17(9-7-16)14(19)5-4-12-3-2-10-20-12/h2-3,10H,4-9,11H2,1H3,(H,15,18). The Labute approximate surface area is 123 Å². The molecule has 0 radical (unpaired) electrons. The van der Waals surface area contributed by atoms with E-state index in [4.69, 9.17) is 0 Å². The molecule has 0 spiro atoms. The third kappa shape index (κ3) is 4.31. The van der Waals surface area contributed by atoms with Crippen molar-refractivity contribution in [3.63, 3.8) is 0 Å². The highest BCUT2D eigenvalue weighted by molar-refractivity contribution is 7.09. The molecule has 0 atom stereocenters. The van der Waals surface area contributed by atoms with Crippen LogP contribution in [0, 0.1) is 0 Å². The van der Waals surface area contributed by atoms with Crippen LogP contribution in [0.4, 0.5) is 0 Å². The quantitative estimate of drug-likeness (QED) is 0.864. The Balaban J connectivity index is 1.70. The van der Waals surface area contributed by atoms with Gasteiger partial charge in [-0.3, -0.25) is 14.5 Å². The molecule has 2 heterocycles. The number of aryl methyl sites for hydroxylation is 1. The second-order valence-electron chi connectivity index (χ2n) is 4.91. The number of thiophene rings is 1. The van der Waals surface area contributed by atoms with Gasteiger partial charge in [-0.2, -0.15) is 0 Å². The maximum absolute atomic E-state index is 12.1. The van der Waals surface area contributed by atoms with Crippen LogP contribution in [-0.4, -0.2) is 61.4 Å². The van der Waals surface area contributed by atoms with E-state index in [1.165, 1.54) is 4.88 Å². The predicted octanol–water partition coefficient (Wildman–Crippen LogP) is 0.571. The Morgan fingerprint density at radius 3 is 2.65 bits per heavy atom. The summed E-state index contributed by atoms with van der Waals surface area (Å²) >= 11 is 1.70. The lowest BCUT2D eigenvalue weighted by Gasteiger charge is -2.34. The van der Waals surface area contributed by atoms with Gasteiger partial charge in [0.2, 0.25) is 11.8 Å². The number of piperazine rings is 1. The van der Waals surface area contributed by atoms with E-state index >= 15 is 0 Å². The van der Waals surface area contributed by atoms with Gasteiger partial charge in [-0.25, -0.2) is 0 Å². The average Bonchev–Trinajstić information content (AvgIpc) is 2.98. The minimum atomic E-state index is 0.0301. The molecule has 0 aliphatic carbocycles. The molecular formula is C14H21N3O2S. The van der Waals surface area contributed by atoms with Crippen molar-refractivity contribution >= 4 is 23.2 Å². The Morgan fingerprint density at radius 1 is 1.30 bits per heavy atom. The lowest BCUT2D eigenvalue weighted by Crippen LogP contribution is -2.50. The van der Waals surface area contributed by atoms with Gasteiger partial charge in [0.1, 0.15) is 0 Å². The number of likely N-dealkylation sites (N-methyl/N-ethyl adjacent to an activating group) is 1. The van der Waals surface area contributed by atoms with Crippen LogP contribution < -0.4 is 5.32 Å². The first-order valence-electron chi connectivity index (χ1n) is 6.92. The Bertz CT molecular complexity index is 439. The molecule has 1 aromatic heterocycles. The fourth-order valence-electron chi connectivity index (χ4n) is 2.28. The van der Waals surface area contributed by atoms with Crippen LogP contribution in [0.5, 0.6) is 0 Å². The molecule has 0 saturated carbocycles. The summed E-state index contributed by atoms with van der Waals surface area (Å²) < 4.78 is 0. The molecule has 0 aromatic carbocycles. The summed E-state index contributed by atoms with van der Waals surface area (Å²) in [5.41, 5.74) is 0. The highest BCUT2D eigenvalue weighted by Crippen LogP contribution is 2.12. The number of carbonyl (C=O) groups is 2. The molecule has 1 aliphatic rings. The molecule has 0 bridgehead atoms. The number of hydrogen-bond acceptors (Lipinski definition) is 4. The lowest BCUT2D eigenvalue weighted by atomic mass is 10.2. The number of hydrogen-bond donors (Lipinski definition) is 1. The van der Waals surface area contributed by atoms with Gasteiger partial charge in [-0.05, 0) is 17.9 Å². The molecular weight excluding hydrogens is 274 g/mol. The van der Waals surface area contributed by atoms with E-state index in [0.717, 1.165) is 32.6 Å². The maximum atomic E-state index is 12.1. The minimum Gasteiger partial charge on any atom is -0.358 e. The molecule has 5 nitrogen and oxygen atoms in total. The van der Waals surface area contributed by atoms with Gasteiger partial charge in [0.15, 0.2) is 0 Å². The molecule has 1 aromatic rings. The summed E-state index contributed by atoms with van der Waals surface area (Å²) in [6.07, 6.45) is 1.41. The first kappa shape index (κ1) is 15.0. The zero-order valence-electron chi connectivity index (χ0n) is 11.8. The molecule has 2 amide bonds. The van der Waals surface area contributed by atoms with Gasteiger partial charge in [0.25, 0.3) is 0 Å². The Morgan fingerprint density at radius 2 is 2.05 bits per heavy atom. The van der Waals surface area contributed by atoms with E-state index in [0.29, 0.717) is 13.0 Å². The van der Waals surface area contributed by atoms with Crippen molar-refractivity contribution < 1.29 is 9.59 Å². The molecule has 1 fully saturated rings. The number of nitrogens with one attached hydrogen (secondary N) is 1. The fraction of sp³-hybridized carbons (Fsp3) is 0.571. The van der Waals surface area contributed by atoms with Crippen molar-refractivity contribution in [3.8, 4) is 0 Å². The number of rotatable bonds is 5. The van der Waals surface area contributed by atoms with Gasteiger partial charge in [-0.1, -0.05) is 6.07 Å². The predicted molar refractivity (Wildman–Crippen MR) is 79.7 cm³/mol. The summed E-state index contributed by atoms with van der Waals surface area (Å²) in [6.45, 7) is 3.42. The van der Waals surface area contributed by atoms with Crippen LogP contribution in [0.1, 0.15) is 11.3 Å². The SMILES string of the molecule is CNC(=O)CN1CCN(C(=O)CCc2cccs2)CC1. The molecule has 1 saturated heterocycles. The summed E-state index contributed by atoms with van der Waals surface area (Å²) in [7, 11) is 1.65. The van der Waals surface area contributed by atoms with Crippen LogP contribution in [0.3, 0.4) is 0 Å². The van der Waals surface area contributed by atoms with E-state index < -0.39 is 0 Å². The van der Waals surface area contributed by atoms with Gasteiger partial charge in [0, 0.05) is 44.5 Å². The number of nitrogens with zero attached hydrogens (tertiary/aromatic N) is 2. The summed E-state index contributed by atoms with van der Waals surface area (Å²) in [6, 6.07) is 4.08. The highest BCUT2D eigenvalue weighted by atomic mass is 32.1. The van der Waals surface area contributed by atoms with E-state index in [1.807, 2.05) is 16.3 Å². The van der Waals surface area contributed by atoms with Crippen molar-refractivity contribution in [2.24, 2.45) is 0 Å². The van der Waals surface area contributed by atoms with E-state index in [2.05, 4.69) is 16.3 Å². The lowest BCUT2D eigenvalue weighted by molar-refractivity contribution is -0.133. The monoisotopic (exact) mass is 295 g/mol. The molecule has 1 N–H and O–H groups in total. The van der Waals surface area contributed by atoms with Crippen molar-refractivity contribution in [1.82, 2.24) is 15.1 Å². The first-order chi connectivity index (χ1) is 9.69. The third-order valence-electron chi connectivity index (χ3n) is 3.54. The molecule has 1 aliphatic heterocycles. The van der Waals surface area contributed by atoms with Crippen molar-refractivity contribution in [1.29, 1.82) is 0 Å². The number of amides is 2. The van der Waals surface area contributed by atoms with Crippen LogP contribution in [0.2, 0.25) is 0 Å². The van der Waals surface area contributed by atoms with Gasteiger partial charge in [0.05, 0.1) is 6.54 Å². The Kier molecular flexibility index (Phi) is 5.55. The van der Waals surface area contributed by atoms with Gasteiger partial charge < -0.3 is 10.2 Å². The molecule has 20 heavy (non-hydrogen) atoms. The van der Waals surface area contributed by atoms with Crippen molar-refractivity contribution in [3.05, 3.63) is 22.4 Å².